The maximum absolute atomic E-state index is 12.6. The van der Waals surface area contributed by atoms with Crippen LogP contribution in [-0.4, -0.2) is 49.7 Å². The van der Waals surface area contributed by atoms with Crippen LogP contribution in [0.3, 0.4) is 0 Å². The van der Waals surface area contributed by atoms with E-state index in [2.05, 4.69) is 22.7 Å². The molecular weight excluding hydrogens is 458 g/mol. The first-order valence-electron chi connectivity index (χ1n) is 13.0. The molecule has 2 aliphatic carbocycles. The van der Waals surface area contributed by atoms with E-state index in [1.165, 1.54) is 7.11 Å². The molecule has 0 bridgehead atoms. The molecule has 2 fully saturated rings. The largest absolute Gasteiger partial charge is 0.481 e. The van der Waals surface area contributed by atoms with Gasteiger partial charge in [0, 0.05) is 35.5 Å². The van der Waals surface area contributed by atoms with Crippen LogP contribution in [0.15, 0.2) is 30.6 Å². The second-order valence-electron chi connectivity index (χ2n) is 10.8. The van der Waals surface area contributed by atoms with Crippen LogP contribution in [0.5, 0.6) is 0 Å². The fourth-order valence-corrected chi connectivity index (χ4v) is 6.41. The molecule has 9 heteroatoms. The molecule has 6 rings (SSSR count). The lowest BCUT2D eigenvalue weighted by Gasteiger charge is -2.34. The summed E-state index contributed by atoms with van der Waals surface area (Å²) in [5.74, 6) is 0.136. The van der Waals surface area contributed by atoms with Crippen LogP contribution < -0.4 is 4.90 Å². The summed E-state index contributed by atoms with van der Waals surface area (Å²) in [6.07, 6.45) is 10.3. The number of carbonyl (C=O) groups is 2. The number of ether oxygens (including phenoxy) is 1. The van der Waals surface area contributed by atoms with Crippen molar-refractivity contribution >= 4 is 28.8 Å². The Morgan fingerprint density at radius 1 is 1.17 bits per heavy atom. The standard InChI is InChI=1S/C27H33N5O4/c1-17-4-9-20-21(31(17)26(35)36-2)10-11-22-23(20)29-25(27(12-13-27)16-30-15-3-14-28-30)32(22)19-7-5-18(6-8-19)24(33)34/h3,10-11,14-15,17-19H,4-9,12-13,16H2,1-2H3,(H,33,34)/t17-,18-,19-/m0/s1. The topological polar surface area (TPSA) is 102 Å². The first-order valence-corrected chi connectivity index (χ1v) is 13.0. The van der Waals surface area contributed by atoms with Crippen molar-refractivity contribution in [2.24, 2.45) is 5.92 Å². The monoisotopic (exact) mass is 491 g/mol. The van der Waals surface area contributed by atoms with E-state index >= 15 is 0 Å². The number of methoxy groups -OCH3 is 1. The number of hydrogen-bond donors (Lipinski definition) is 1. The molecule has 3 heterocycles. The Kier molecular flexibility index (Phi) is 5.53. The number of hydrogen-bond acceptors (Lipinski definition) is 5. The molecule has 9 nitrogen and oxygen atoms in total. The van der Waals surface area contributed by atoms with E-state index in [9.17, 15) is 14.7 Å². The number of aromatic nitrogens is 4. The third kappa shape index (κ3) is 3.67. The number of benzene rings is 1. The number of aryl methyl sites for hydroxylation is 1. The Balaban J connectivity index is 1.48. The van der Waals surface area contributed by atoms with E-state index in [1.54, 1.807) is 4.90 Å². The molecule has 0 spiro atoms. The van der Waals surface area contributed by atoms with Gasteiger partial charge in [-0.05, 0) is 76.5 Å². The highest BCUT2D eigenvalue weighted by molar-refractivity contribution is 5.95. The summed E-state index contributed by atoms with van der Waals surface area (Å²) in [4.78, 5) is 31.3. The zero-order chi connectivity index (χ0) is 25.0. The molecule has 1 aliphatic heterocycles. The van der Waals surface area contributed by atoms with Gasteiger partial charge in [-0.25, -0.2) is 9.78 Å². The summed E-state index contributed by atoms with van der Waals surface area (Å²) in [5.41, 5.74) is 3.97. The van der Waals surface area contributed by atoms with Gasteiger partial charge in [0.05, 0.1) is 36.3 Å². The number of fused-ring (bicyclic) bond motifs is 3. The molecule has 0 saturated heterocycles. The van der Waals surface area contributed by atoms with Crippen molar-refractivity contribution in [3.8, 4) is 0 Å². The van der Waals surface area contributed by atoms with Gasteiger partial charge in [-0.3, -0.25) is 14.4 Å². The first kappa shape index (κ1) is 23.1. The fourth-order valence-electron chi connectivity index (χ4n) is 6.41. The minimum absolute atomic E-state index is 0.0600. The second-order valence-corrected chi connectivity index (χ2v) is 10.8. The van der Waals surface area contributed by atoms with Crippen molar-refractivity contribution in [2.75, 3.05) is 12.0 Å². The summed E-state index contributed by atoms with van der Waals surface area (Å²) < 4.78 is 9.52. The summed E-state index contributed by atoms with van der Waals surface area (Å²) in [7, 11) is 1.42. The smallest absolute Gasteiger partial charge is 0.414 e. The molecule has 0 unspecified atom stereocenters. The molecule has 190 valence electrons. The van der Waals surface area contributed by atoms with Gasteiger partial charge < -0.3 is 14.4 Å². The van der Waals surface area contributed by atoms with E-state index in [0.29, 0.717) is 12.8 Å². The van der Waals surface area contributed by atoms with Gasteiger partial charge in [0.15, 0.2) is 0 Å². The molecular formula is C27H33N5O4. The minimum Gasteiger partial charge on any atom is -0.481 e. The number of imidazole rings is 1. The number of nitrogens with zero attached hydrogens (tertiary/aromatic N) is 5. The number of carbonyl (C=O) groups excluding carboxylic acids is 1. The maximum Gasteiger partial charge on any atom is 0.414 e. The van der Waals surface area contributed by atoms with Crippen LogP contribution >= 0.6 is 0 Å². The number of anilines is 1. The lowest BCUT2D eigenvalue weighted by atomic mass is 9.85. The number of aliphatic carboxylic acids is 1. The zero-order valence-corrected chi connectivity index (χ0v) is 20.9. The predicted octanol–water partition coefficient (Wildman–Crippen LogP) is 4.69. The van der Waals surface area contributed by atoms with Crippen LogP contribution in [0.1, 0.15) is 69.3 Å². The molecule has 2 aromatic heterocycles. The van der Waals surface area contributed by atoms with Crippen LogP contribution in [0.2, 0.25) is 0 Å². The highest BCUT2D eigenvalue weighted by atomic mass is 16.5. The van der Waals surface area contributed by atoms with Crippen LogP contribution in [0, 0.1) is 5.92 Å². The molecule has 1 amide bonds. The van der Waals surface area contributed by atoms with Crippen molar-refractivity contribution in [3.63, 3.8) is 0 Å². The van der Waals surface area contributed by atoms with Crippen LogP contribution in [-0.2, 0) is 27.9 Å². The van der Waals surface area contributed by atoms with Crippen molar-refractivity contribution in [2.45, 2.75) is 82.3 Å². The van der Waals surface area contributed by atoms with Gasteiger partial charge in [0.1, 0.15) is 5.82 Å². The molecule has 1 aromatic carbocycles. The van der Waals surface area contributed by atoms with E-state index in [1.807, 2.05) is 29.2 Å². The number of rotatable bonds is 5. The first-order chi connectivity index (χ1) is 17.4. The molecule has 3 aliphatic rings. The van der Waals surface area contributed by atoms with E-state index in [4.69, 9.17) is 9.72 Å². The lowest BCUT2D eigenvalue weighted by molar-refractivity contribution is -0.143. The number of amides is 1. The van der Waals surface area contributed by atoms with Crippen LogP contribution in [0.4, 0.5) is 10.5 Å². The summed E-state index contributed by atoms with van der Waals surface area (Å²) in [6.45, 7) is 2.83. The predicted molar refractivity (Wildman–Crippen MR) is 134 cm³/mol. The fraction of sp³-hybridized carbons (Fsp3) is 0.556. The van der Waals surface area contributed by atoms with Gasteiger partial charge >= 0.3 is 12.1 Å². The average Bonchev–Trinajstić information content (AvgIpc) is 3.28. The van der Waals surface area contributed by atoms with Crippen molar-refractivity contribution in [3.05, 3.63) is 42.0 Å². The van der Waals surface area contributed by atoms with E-state index in [0.717, 1.165) is 73.2 Å². The number of carboxylic acids is 1. The molecule has 36 heavy (non-hydrogen) atoms. The molecule has 0 radical (unpaired) electrons. The van der Waals surface area contributed by atoms with Gasteiger partial charge in [0.25, 0.3) is 0 Å². The van der Waals surface area contributed by atoms with E-state index < -0.39 is 5.97 Å². The Hall–Kier alpha value is -3.36. The highest BCUT2D eigenvalue weighted by Gasteiger charge is 2.50. The Labute approximate surface area is 210 Å². The van der Waals surface area contributed by atoms with Crippen molar-refractivity contribution < 1.29 is 19.4 Å². The average molecular weight is 492 g/mol. The zero-order valence-electron chi connectivity index (χ0n) is 20.9. The van der Waals surface area contributed by atoms with Crippen molar-refractivity contribution in [1.29, 1.82) is 0 Å². The summed E-state index contributed by atoms with van der Waals surface area (Å²) in [5, 5.41) is 14.0. The quantitative estimate of drug-likeness (QED) is 0.556. The van der Waals surface area contributed by atoms with Gasteiger partial charge in [-0.1, -0.05) is 0 Å². The summed E-state index contributed by atoms with van der Waals surface area (Å²) >= 11 is 0. The summed E-state index contributed by atoms with van der Waals surface area (Å²) in [6, 6.07) is 6.37. The van der Waals surface area contributed by atoms with Gasteiger partial charge in [-0.2, -0.15) is 5.10 Å². The normalized spacial score (nSPS) is 24.9. The maximum atomic E-state index is 12.6. The molecule has 1 atom stereocenters. The Morgan fingerprint density at radius 3 is 2.58 bits per heavy atom. The van der Waals surface area contributed by atoms with Crippen molar-refractivity contribution in [1.82, 2.24) is 19.3 Å². The molecule has 2 saturated carbocycles. The highest BCUT2D eigenvalue weighted by Crippen LogP contribution is 2.52. The van der Waals surface area contributed by atoms with E-state index in [-0.39, 0.29) is 29.5 Å². The Bertz CT molecular complexity index is 1300. The molecule has 1 N–H and O–H groups in total. The molecule has 3 aromatic rings. The van der Waals surface area contributed by atoms with Gasteiger partial charge in [0.2, 0.25) is 0 Å². The third-order valence-electron chi connectivity index (χ3n) is 8.59. The third-order valence-corrected chi connectivity index (χ3v) is 8.59. The van der Waals surface area contributed by atoms with Gasteiger partial charge in [-0.15, -0.1) is 0 Å². The minimum atomic E-state index is -0.687. The number of carboxylic acid groups (broad SMARTS) is 1. The van der Waals surface area contributed by atoms with Crippen LogP contribution in [0.25, 0.3) is 11.0 Å². The SMILES string of the molecule is COC(=O)N1c2ccc3c(nc(C4(Cn5cccn5)CC4)n3[C@H]3CC[C@H](C(=O)O)CC3)c2CC[C@@H]1C. The second kappa shape index (κ2) is 8.64. The lowest BCUT2D eigenvalue weighted by Crippen LogP contribution is -2.42. The Morgan fingerprint density at radius 2 is 1.94 bits per heavy atom.